The second-order valence-corrected chi connectivity index (χ2v) is 8.45. The van der Waals surface area contributed by atoms with Gasteiger partial charge in [0.2, 0.25) is 5.91 Å². The molecule has 11 heteroatoms. The lowest BCUT2D eigenvalue weighted by atomic mass is 9.85. The summed E-state index contributed by atoms with van der Waals surface area (Å²) < 4.78 is 1.49. The number of benzene rings is 1. The number of hydrogen-bond donors (Lipinski definition) is 3. The minimum absolute atomic E-state index is 0.0438. The Morgan fingerprint density at radius 2 is 2.06 bits per heavy atom. The predicted octanol–water partition coefficient (Wildman–Crippen LogP) is 0.979. The zero-order valence-electron chi connectivity index (χ0n) is 17.1. The smallest absolute Gasteiger partial charge is 0.266 e. The Bertz CT molecular complexity index is 918. The highest BCUT2D eigenvalue weighted by Gasteiger charge is 2.39. The number of aliphatic hydroxyl groups excluding tert-OH is 1. The van der Waals surface area contributed by atoms with Crippen LogP contribution in [0.4, 0.5) is 0 Å². The Balaban J connectivity index is 1.41. The number of aromatic nitrogens is 4. The third-order valence-electron chi connectivity index (χ3n) is 5.99. The molecule has 1 aromatic heterocycles. The summed E-state index contributed by atoms with van der Waals surface area (Å²) in [6.07, 6.45) is 5.72. The van der Waals surface area contributed by atoms with Crippen LogP contribution < -0.4 is 10.7 Å². The van der Waals surface area contributed by atoms with E-state index in [2.05, 4.69) is 26.3 Å². The molecule has 0 bridgehead atoms. The molecule has 1 aliphatic heterocycles. The van der Waals surface area contributed by atoms with Gasteiger partial charge < -0.3 is 10.4 Å². The summed E-state index contributed by atoms with van der Waals surface area (Å²) in [5, 5.41) is 26.5. The molecule has 1 unspecified atom stereocenters. The van der Waals surface area contributed by atoms with Gasteiger partial charge in [-0.1, -0.05) is 30.9 Å². The normalized spacial score (nSPS) is 20.6. The first kappa shape index (κ1) is 21.7. The van der Waals surface area contributed by atoms with Crippen LogP contribution in [-0.2, 0) is 16.1 Å². The monoisotopic (exact) mass is 447 g/mol. The van der Waals surface area contributed by atoms with Crippen molar-refractivity contribution in [3.8, 4) is 5.69 Å². The van der Waals surface area contributed by atoms with Gasteiger partial charge in [-0.05, 0) is 59.4 Å². The van der Waals surface area contributed by atoms with Gasteiger partial charge in [0, 0.05) is 18.1 Å². The highest BCUT2D eigenvalue weighted by molar-refractivity contribution is 6.30. The highest BCUT2D eigenvalue weighted by Crippen LogP contribution is 2.28. The van der Waals surface area contributed by atoms with Gasteiger partial charge in [-0.25, -0.2) is 10.1 Å². The summed E-state index contributed by atoms with van der Waals surface area (Å²) in [5.74, 6) is -0.767. The Morgan fingerprint density at radius 1 is 1.26 bits per heavy atom. The van der Waals surface area contributed by atoms with E-state index in [9.17, 15) is 14.7 Å². The SMILES string of the molecule is O=C(NCc1cc(Cl)ccc1-n1cnnn1)C1CCNN1C(=O)[C@H](O)C1CCCCC1. The van der Waals surface area contributed by atoms with Gasteiger partial charge in [-0.2, -0.15) is 0 Å². The Kier molecular flexibility index (Phi) is 6.79. The summed E-state index contributed by atoms with van der Waals surface area (Å²) in [6.45, 7) is 0.687. The van der Waals surface area contributed by atoms with Crippen LogP contribution in [-0.4, -0.2) is 60.8 Å². The molecule has 2 heterocycles. The first-order valence-electron chi connectivity index (χ1n) is 10.6. The van der Waals surface area contributed by atoms with Crippen LogP contribution in [0.1, 0.15) is 44.1 Å². The molecule has 1 saturated carbocycles. The highest BCUT2D eigenvalue weighted by atomic mass is 35.5. The fourth-order valence-electron chi connectivity index (χ4n) is 4.33. The van der Waals surface area contributed by atoms with Gasteiger partial charge >= 0.3 is 0 Å². The molecule has 31 heavy (non-hydrogen) atoms. The van der Waals surface area contributed by atoms with Crippen molar-refractivity contribution in [2.75, 3.05) is 6.54 Å². The van der Waals surface area contributed by atoms with Crippen molar-refractivity contribution in [2.24, 2.45) is 5.92 Å². The molecule has 0 spiro atoms. The molecule has 4 rings (SSSR count). The molecule has 1 aromatic carbocycles. The van der Waals surface area contributed by atoms with E-state index in [0.717, 1.165) is 37.7 Å². The number of aliphatic hydroxyl groups is 1. The molecule has 166 valence electrons. The van der Waals surface area contributed by atoms with Crippen LogP contribution in [0, 0.1) is 5.92 Å². The number of halogens is 1. The van der Waals surface area contributed by atoms with E-state index in [0.29, 0.717) is 23.7 Å². The van der Waals surface area contributed by atoms with Crippen LogP contribution in [0.15, 0.2) is 24.5 Å². The molecular weight excluding hydrogens is 422 g/mol. The molecule has 2 amide bonds. The van der Waals surface area contributed by atoms with Crippen molar-refractivity contribution in [2.45, 2.75) is 57.2 Å². The van der Waals surface area contributed by atoms with Gasteiger partial charge in [0.1, 0.15) is 18.5 Å². The number of nitrogens with one attached hydrogen (secondary N) is 2. The molecule has 10 nitrogen and oxygen atoms in total. The number of hydrogen-bond acceptors (Lipinski definition) is 7. The molecule has 2 atom stereocenters. The first-order chi connectivity index (χ1) is 15.0. The van der Waals surface area contributed by atoms with Crippen molar-refractivity contribution in [1.82, 2.24) is 36.0 Å². The topological polar surface area (TPSA) is 125 Å². The average molecular weight is 448 g/mol. The minimum atomic E-state index is -1.08. The lowest BCUT2D eigenvalue weighted by Crippen LogP contribution is -2.54. The van der Waals surface area contributed by atoms with Crippen molar-refractivity contribution in [3.63, 3.8) is 0 Å². The zero-order valence-corrected chi connectivity index (χ0v) is 17.8. The molecule has 2 aromatic rings. The maximum atomic E-state index is 12.9. The molecule has 1 aliphatic carbocycles. The third-order valence-corrected chi connectivity index (χ3v) is 6.23. The van der Waals surface area contributed by atoms with Gasteiger partial charge in [0.25, 0.3) is 5.91 Å². The van der Waals surface area contributed by atoms with Crippen molar-refractivity contribution < 1.29 is 14.7 Å². The Morgan fingerprint density at radius 3 is 2.81 bits per heavy atom. The van der Waals surface area contributed by atoms with E-state index in [4.69, 9.17) is 11.6 Å². The van der Waals surface area contributed by atoms with E-state index in [1.165, 1.54) is 16.0 Å². The summed E-state index contributed by atoms with van der Waals surface area (Å²) in [6, 6.07) is 4.55. The third kappa shape index (κ3) is 4.86. The largest absolute Gasteiger partial charge is 0.383 e. The van der Waals surface area contributed by atoms with Crippen molar-refractivity contribution >= 4 is 23.4 Å². The van der Waals surface area contributed by atoms with Crippen molar-refractivity contribution in [1.29, 1.82) is 0 Å². The van der Waals surface area contributed by atoms with Gasteiger partial charge in [0.05, 0.1) is 5.69 Å². The number of tetrazole rings is 1. The van der Waals surface area contributed by atoms with Crippen LogP contribution in [0.2, 0.25) is 5.02 Å². The van der Waals surface area contributed by atoms with Gasteiger partial charge in [-0.15, -0.1) is 5.10 Å². The van der Waals surface area contributed by atoms with Gasteiger partial charge in [-0.3, -0.25) is 14.6 Å². The fourth-order valence-corrected chi connectivity index (χ4v) is 4.52. The van der Waals surface area contributed by atoms with E-state index in [-0.39, 0.29) is 18.4 Å². The second-order valence-electron chi connectivity index (χ2n) is 8.01. The maximum absolute atomic E-state index is 12.9. The summed E-state index contributed by atoms with van der Waals surface area (Å²) >= 11 is 6.13. The number of nitrogens with zero attached hydrogens (tertiary/aromatic N) is 5. The first-order valence-corrected chi connectivity index (χ1v) is 11.0. The number of hydrazine groups is 1. The second kappa shape index (κ2) is 9.71. The lowest BCUT2D eigenvalue weighted by molar-refractivity contribution is -0.151. The number of rotatable bonds is 6. The van der Waals surface area contributed by atoms with E-state index >= 15 is 0 Å². The summed E-state index contributed by atoms with van der Waals surface area (Å²) in [4.78, 5) is 25.8. The fraction of sp³-hybridized carbons (Fsp3) is 0.550. The molecule has 0 radical (unpaired) electrons. The minimum Gasteiger partial charge on any atom is -0.383 e. The standard InChI is InChI=1S/C20H26ClN7O3/c21-15-6-7-16(27-12-23-25-26-27)14(10-15)11-22-19(30)17-8-9-24-28(17)20(31)18(29)13-4-2-1-3-5-13/h6-7,10,12-13,17-18,24,29H,1-5,8-9,11H2,(H,22,30)/t17?,18-/m1/s1. The Labute approximate surface area is 184 Å². The van der Waals surface area contributed by atoms with Crippen LogP contribution in [0.5, 0.6) is 0 Å². The number of carbonyl (C=O) groups excluding carboxylic acids is 2. The van der Waals surface area contributed by atoms with E-state index in [1.807, 2.05) is 0 Å². The van der Waals surface area contributed by atoms with E-state index in [1.54, 1.807) is 18.2 Å². The molecule has 2 aliphatic rings. The molecule has 2 fully saturated rings. The summed E-state index contributed by atoms with van der Waals surface area (Å²) in [7, 11) is 0. The molecule has 3 N–H and O–H groups in total. The quantitative estimate of drug-likeness (QED) is 0.602. The molecular formula is C20H26ClN7O3. The lowest BCUT2D eigenvalue weighted by Gasteiger charge is -2.31. The van der Waals surface area contributed by atoms with Crippen LogP contribution >= 0.6 is 11.6 Å². The average Bonchev–Trinajstić information content (AvgIpc) is 3.49. The predicted molar refractivity (Wildman–Crippen MR) is 112 cm³/mol. The summed E-state index contributed by atoms with van der Waals surface area (Å²) in [5.41, 5.74) is 4.39. The van der Waals surface area contributed by atoms with Crippen LogP contribution in [0.3, 0.4) is 0 Å². The van der Waals surface area contributed by atoms with Gasteiger partial charge in [0.15, 0.2) is 0 Å². The van der Waals surface area contributed by atoms with E-state index < -0.39 is 18.1 Å². The van der Waals surface area contributed by atoms with Crippen molar-refractivity contribution in [3.05, 3.63) is 35.1 Å². The van der Waals surface area contributed by atoms with Crippen LogP contribution in [0.25, 0.3) is 5.69 Å². The Hall–Kier alpha value is -2.56. The molecule has 1 saturated heterocycles. The number of amides is 2. The maximum Gasteiger partial charge on any atom is 0.266 e. The zero-order chi connectivity index (χ0) is 21.8. The number of carbonyl (C=O) groups is 2.